The van der Waals surface area contributed by atoms with Gasteiger partial charge in [-0.3, -0.25) is 9.69 Å². The number of amides is 3. The number of aliphatic hydroxyl groups is 1. The van der Waals surface area contributed by atoms with E-state index in [2.05, 4.69) is 5.32 Å². The average molecular weight is 395 g/mol. The second kappa shape index (κ2) is 7.32. The third-order valence-electron chi connectivity index (χ3n) is 5.43. The van der Waals surface area contributed by atoms with Gasteiger partial charge >= 0.3 is 6.03 Å². The third-order valence-corrected chi connectivity index (χ3v) is 5.84. The molecule has 0 radical (unpaired) electrons. The lowest BCUT2D eigenvalue weighted by atomic mass is 9.96. The van der Waals surface area contributed by atoms with Crippen LogP contribution in [0.1, 0.15) is 50.7 Å². The molecular weight excluding hydrogens is 368 g/mol. The maximum absolute atomic E-state index is 12.6. The minimum absolute atomic E-state index is 0.0159. The number of imide groups is 1. The van der Waals surface area contributed by atoms with Crippen molar-refractivity contribution in [2.24, 2.45) is 5.92 Å². The number of aliphatic hydroxyl groups excluding tert-OH is 1. The lowest BCUT2D eigenvalue weighted by molar-refractivity contribution is -0.132. The first-order chi connectivity index (χ1) is 12.6. The van der Waals surface area contributed by atoms with Gasteiger partial charge in [0.1, 0.15) is 24.0 Å². The van der Waals surface area contributed by atoms with Crippen molar-refractivity contribution in [2.45, 2.75) is 58.1 Å². The van der Waals surface area contributed by atoms with Crippen LogP contribution in [0.25, 0.3) is 0 Å². The molecule has 1 aliphatic heterocycles. The highest BCUT2D eigenvalue weighted by atomic mass is 35.5. The summed E-state index contributed by atoms with van der Waals surface area (Å²) in [5.41, 5.74) is 1.00. The van der Waals surface area contributed by atoms with Gasteiger partial charge in [-0.15, -0.1) is 0 Å². The summed E-state index contributed by atoms with van der Waals surface area (Å²) in [7, 11) is 0. The van der Waals surface area contributed by atoms with E-state index in [0.717, 1.165) is 28.9 Å². The number of nitrogens with zero attached hydrogens (tertiary/aromatic N) is 1. The molecule has 1 aliphatic carbocycles. The van der Waals surface area contributed by atoms with Crippen molar-refractivity contribution in [3.8, 4) is 5.75 Å². The van der Waals surface area contributed by atoms with Crippen LogP contribution in [-0.2, 0) is 4.79 Å². The Hall–Kier alpha value is -1.79. The van der Waals surface area contributed by atoms with Crippen molar-refractivity contribution in [1.29, 1.82) is 0 Å². The molecule has 2 N–H and O–H groups in total. The van der Waals surface area contributed by atoms with E-state index in [9.17, 15) is 14.7 Å². The van der Waals surface area contributed by atoms with Gasteiger partial charge < -0.3 is 15.2 Å². The monoisotopic (exact) mass is 394 g/mol. The zero-order chi connectivity index (χ0) is 19.9. The van der Waals surface area contributed by atoms with E-state index in [1.165, 1.54) is 0 Å². The lowest BCUT2D eigenvalue weighted by Gasteiger charge is -2.23. The van der Waals surface area contributed by atoms with Gasteiger partial charge in [0.25, 0.3) is 5.91 Å². The molecule has 3 amide bonds. The zero-order valence-corrected chi connectivity index (χ0v) is 17.0. The molecule has 2 atom stereocenters. The van der Waals surface area contributed by atoms with Crippen LogP contribution < -0.4 is 10.1 Å². The van der Waals surface area contributed by atoms with Gasteiger partial charge in [0.15, 0.2) is 0 Å². The fourth-order valence-electron chi connectivity index (χ4n) is 3.51. The minimum atomic E-state index is -0.975. The van der Waals surface area contributed by atoms with Gasteiger partial charge in [-0.05, 0) is 61.8 Å². The number of carbonyl (C=O) groups is 2. The molecule has 7 heteroatoms. The fraction of sp³-hybridized carbons (Fsp3) is 0.600. The van der Waals surface area contributed by atoms with Crippen LogP contribution in [-0.4, -0.2) is 46.7 Å². The standard InChI is InChI=1S/C20H27ClN2O4/c1-11(2)15-8-16(21)12(3)7-17(15)27-10-14(24)9-23-18(25)20(4,13-5-6-13)22-19(23)26/h7-8,11,13-14,24H,5-6,9-10H2,1-4H3,(H,22,26). The summed E-state index contributed by atoms with van der Waals surface area (Å²) >= 11 is 6.20. The summed E-state index contributed by atoms with van der Waals surface area (Å²) < 4.78 is 5.81. The number of nitrogens with one attached hydrogen (secondary N) is 1. The number of ether oxygens (including phenoxy) is 1. The number of rotatable bonds is 7. The first kappa shape index (κ1) is 20.0. The molecule has 2 unspecified atom stereocenters. The normalized spacial score (nSPS) is 23.7. The molecule has 1 aromatic carbocycles. The van der Waals surface area contributed by atoms with E-state index in [1.54, 1.807) is 6.92 Å². The Labute approximate surface area is 164 Å². The van der Waals surface area contributed by atoms with Gasteiger partial charge in [0.2, 0.25) is 0 Å². The molecule has 0 spiro atoms. The quantitative estimate of drug-likeness (QED) is 0.696. The Kier molecular flexibility index (Phi) is 5.41. The highest BCUT2D eigenvalue weighted by Crippen LogP contribution is 2.42. The van der Waals surface area contributed by atoms with Crippen molar-refractivity contribution in [3.05, 3.63) is 28.3 Å². The molecule has 2 fully saturated rings. The van der Waals surface area contributed by atoms with Crippen LogP contribution >= 0.6 is 11.6 Å². The lowest BCUT2D eigenvalue weighted by Crippen LogP contribution is -2.46. The van der Waals surface area contributed by atoms with Crippen molar-refractivity contribution < 1.29 is 19.4 Å². The Balaban J connectivity index is 1.64. The van der Waals surface area contributed by atoms with Gasteiger partial charge in [-0.2, -0.15) is 0 Å². The Morgan fingerprint density at radius 3 is 2.63 bits per heavy atom. The number of β-amino-alcohol motifs (C(OH)–C–C–N with tert-alkyl or cyclic N) is 1. The first-order valence-corrected chi connectivity index (χ1v) is 9.76. The summed E-state index contributed by atoms with van der Waals surface area (Å²) in [6.07, 6.45) is 0.906. The van der Waals surface area contributed by atoms with E-state index < -0.39 is 17.7 Å². The molecule has 1 aromatic rings. The van der Waals surface area contributed by atoms with Crippen LogP contribution in [0.3, 0.4) is 0 Å². The van der Waals surface area contributed by atoms with Gasteiger partial charge in [-0.25, -0.2) is 4.79 Å². The summed E-state index contributed by atoms with van der Waals surface area (Å²) in [5.74, 6) is 0.795. The number of hydrogen-bond acceptors (Lipinski definition) is 4. The van der Waals surface area contributed by atoms with E-state index in [-0.39, 0.29) is 30.9 Å². The van der Waals surface area contributed by atoms with Crippen molar-refractivity contribution in [3.63, 3.8) is 0 Å². The summed E-state index contributed by atoms with van der Waals surface area (Å²) in [5, 5.41) is 13.8. The predicted molar refractivity (Wildman–Crippen MR) is 103 cm³/mol. The first-order valence-electron chi connectivity index (χ1n) is 9.38. The Morgan fingerprint density at radius 2 is 2.04 bits per heavy atom. The molecule has 148 valence electrons. The molecule has 3 rings (SSSR count). The smallest absolute Gasteiger partial charge is 0.325 e. The fourth-order valence-corrected chi connectivity index (χ4v) is 3.69. The van der Waals surface area contributed by atoms with Crippen molar-refractivity contribution >= 4 is 23.5 Å². The molecule has 27 heavy (non-hydrogen) atoms. The van der Waals surface area contributed by atoms with Crippen molar-refractivity contribution in [2.75, 3.05) is 13.2 Å². The molecule has 1 heterocycles. The molecular formula is C20H27ClN2O4. The Morgan fingerprint density at radius 1 is 1.37 bits per heavy atom. The third kappa shape index (κ3) is 3.92. The number of carbonyl (C=O) groups excluding carboxylic acids is 2. The average Bonchev–Trinajstić information content (AvgIpc) is 3.41. The second-order valence-corrected chi connectivity index (χ2v) is 8.49. The number of hydrogen-bond donors (Lipinski definition) is 2. The number of benzene rings is 1. The number of aryl methyl sites for hydroxylation is 1. The van der Waals surface area contributed by atoms with E-state index in [0.29, 0.717) is 10.8 Å². The molecule has 1 saturated carbocycles. The molecule has 2 aliphatic rings. The molecule has 0 aromatic heterocycles. The van der Waals surface area contributed by atoms with Gasteiger partial charge in [0.05, 0.1) is 6.54 Å². The molecule has 1 saturated heterocycles. The van der Waals surface area contributed by atoms with Crippen molar-refractivity contribution in [1.82, 2.24) is 10.2 Å². The Bertz CT molecular complexity index is 763. The number of halogens is 1. The maximum atomic E-state index is 12.6. The van der Waals surface area contributed by atoms with E-state index in [1.807, 2.05) is 32.9 Å². The highest BCUT2D eigenvalue weighted by Gasteiger charge is 2.56. The van der Waals surface area contributed by atoms with Crippen LogP contribution in [0, 0.1) is 12.8 Å². The number of urea groups is 1. The predicted octanol–water partition coefficient (Wildman–Crippen LogP) is 3.23. The van der Waals surface area contributed by atoms with Gasteiger partial charge in [0, 0.05) is 5.02 Å². The maximum Gasteiger partial charge on any atom is 0.325 e. The molecule has 0 bridgehead atoms. The second-order valence-electron chi connectivity index (χ2n) is 8.08. The van der Waals surface area contributed by atoms with Crippen LogP contribution in [0.5, 0.6) is 5.75 Å². The SMILES string of the molecule is Cc1cc(OCC(O)CN2C(=O)NC(C)(C3CC3)C2=O)c(C(C)C)cc1Cl. The van der Waals surface area contributed by atoms with E-state index >= 15 is 0 Å². The summed E-state index contributed by atoms with van der Waals surface area (Å²) in [6.45, 7) is 7.63. The highest BCUT2D eigenvalue weighted by molar-refractivity contribution is 6.31. The zero-order valence-electron chi connectivity index (χ0n) is 16.2. The van der Waals surface area contributed by atoms with Crippen LogP contribution in [0.15, 0.2) is 12.1 Å². The largest absolute Gasteiger partial charge is 0.491 e. The molecule has 6 nitrogen and oxygen atoms in total. The summed E-state index contributed by atoms with van der Waals surface area (Å²) in [4.78, 5) is 25.9. The topological polar surface area (TPSA) is 78.9 Å². The van der Waals surface area contributed by atoms with E-state index in [4.69, 9.17) is 16.3 Å². The van der Waals surface area contributed by atoms with Crippen LogP contribution in [0.2, 0.25) is 5.02 Å². The minimum Gasteiger partial charge on any atom is -0.491 e. The summed E-state index contributed by atoms with van der Waals surface area (Å²) in [6, 6.07) is 3.28. The van der Waals surface area contributed by atoms with Gasteiger partial charge in [-0.1, -0.05) is 25.4 Å². The van der Waals surface area contributed by atoms with Crippen LogP contribution in [0.4, 0.5) is 4.79 Å².